The Labute approximate surface area is 169 Å². The fourth-order valence-corrected chi connectivity index (χ4v) is 4.39. The molecule has 0 bridgehead atoms. The van der Waals surface area contributed by atoms with E-state index in [9.17, 15) is 5.11 Å². The van der Waals surface area contributed by atoms with Crippen molar-refractivity contribution in [2.24, 2.45) is 0 Å². The third-order valence-electron chi connectivity index (χ3n) is 6.22. The molecule has 9 nitrogen and oxygen atoms in total. The second-order valence-corrected chi connectivity index (χ2v) is 8.22. The van der Waals surface area contributed by atoms with Crippen molar-refractivity contribution in [3.63, 3.8) is 0 Å². The predicted molar refractivity (Wildman–Crippen MR) is 109 cm³/mol. The van der Waals surface area contributed by atoms with Crippen molar-refractivity contribution in [3.8, 4) is 5.82 Å². The summed E-state index contributed by atoms with van der Waals surface area (Å²) >= 11 is 0. The molecule has 154 valence electrons. The van der Waals surface area contributed by atoms with Crippen molar-refractivity contribution in [2.75, 3.05) is 44.8 Å². The smallest absolute Gasteiger partial charge is 0.167 e. The van der Waals surface area contributed by atoms with E-state index in [2.05, 4.69) is 45.1 Å². The Kier molecular flexibility index (Phi) is 4.53. The van der Waals surface area contributed by atoms with E-state index >= 15 is 0 Å². The molecule has 0 aliphatic carbocycles. The number of likely N-dealkylation sites (tertiary alicyclic amines) is 1. The minimum absolute atomic E-state index is 0.220. The summed E-state index contributed by atoms with van der Waals surface area (Å²) in [4.78, 5) is 9.48. The van der Waals surface area contributed by atoms with Crippen LogP contribution in [0.15, 0.2) is 24.5 Å². The van der Waals surface area contributed by atoms with Crippen molar-refractivity contribution in [1.82, 2.24) is 29.9 Å². The number of piperidine rings is 1. The van der Waals surface area contributed by atoms with E-state index in [0.29, 0.717) is 26.1 Å². The SMILES string of the molecule is C[C@@H]1COCCN1c1cc(C2(O)CCN(C)CC2)c2cnn(-c3ccn[nH]3)c2n1. The molecule has 0 saturated carbocycles. The molecule has 2 saturated heterocycles. The minimum atomic E-state index is -0.889. The van der Waals surface area contributed by atoms with Crippen molar-refractivity contribution in [1.29, 1.82) is 0 Å². The molecule has 0 amide bonds. The summed E-state index contributed by atoms with van der Waals surface area (Å²) in [5, 5.41) is 24.1. The lowest BCUT2D eigenvalue weighted by Crippen LogP contribution is -2.44. The molecule has 0 spiro atoms. The number of nitrogens with zero attached hydrogens (tertiary/aromatic N) is 6. The summed E-state index contributed by atoms with van der Waals surface area (Å²) in [6, 6.07) is 4.15. The number of pyridine rings is 1. The highest BCUT2D eigenvalue weighted by molar-refractivity contribution is 5.83. The average molecular weight is 397 g/mol. The number of morpholine rings is 1. The van der Waals surface area contributed by atoms with Crippen molar-refractivity contribution in [3.05, 3.63) is 30.1 Å². The van der Waals surface area contributed by atoms with Crippen molar-refractivity contribution < 1.29 is 9.84 Å². The van der Waals surface area contributed by atoms with Gasteiger partial charge in [0, 0.05) is 31.1 Å². The van der Waals surface area contributed by atoms with Crippen LogP contribution in [0.3, 0.4) is 0 Å². The number of aliphatic hydroxyl groups is 1. The largest absolute Gasteiger partial charge is 0.385 e. The Hall–Kier alpha value is -2.49. The number of anilines is 1. The molecule has 2 fully saturated rings. The van der Waals surface area contributed by atoms with Gasteiger partial charge in [0.2, 0.25) is 0 Å². The number of aromatic nitrogens is 5. The fraction of sp³-hybridized carbons (Fsp3) is 0.550. The highest BCUT2D eigenvalue weighted by atomic mass is 16.5. The average Bonchev–Trinajstić information content (AvgIpc) is 3.39. The molecule has 2 aliphatic heterocycles. The maximum absolute atomic E-state index is 11.6. The number of aromatic amines is 1. The van der Waals surface area contributed by atoms with Gasteiger partial charge in [0.15, 0.2) is 11.5 Å². The molecular weight excluding hydrogens is 370 g/mol. The molecule has 2 aliphatic rings. The van der Waals surface area contributed by atoms with E-state index in [0.717, 1.165) is 47.9 Å². The monoisotopic (exact) mass is 397 g/mol. The summed E-state index contributed by atoms with van der Waals surface area (Å²) in [6.07, 6.45) is 4.88. The summed E-state index contributed by atoms with van der Waals surface area (Å²) in [7, 11) is 2.10. The van der Waals surface area contributed by atoms with Crippen LogP contribution in [0.5, 0.6) is 0 Å². The van der Waals surface area contributed by atoms with Gasteiger partial charge in [0.25, 0.3) is 0 Å². The van der Waals surface area contributed by atoms with Gasteiger partial charge in [-0.15, -0.1) is 0 Å². The van der Waals surface area contributed by atoms with E-state index < -0.39 is 5.60 Å². The van der Waals surface area contributed by atoms with Crippen LogP contribution in [0.4, 0.5) is 5.82 Å². The zero-order valence-electron chi connectivity index (χ0n) is 16.9. The van der Waals surface area contributed by atoms with Gasteiger partial charge < -0.3 is 19.6 Å². The normalized spacial score (nSPS) is 23.0. The molecule has 3 aromatic rings. The van der Waals surface area contributed by atoms with Crippen molar-refractivity contribution >= 4 is 16.9 Å². The quantitative estimate of drug-likeness (QED) is 0.687. The van der Waals surface area contributed by atoms with Crippen molar-refractivity contribution in [2.45, 2.75) is 31.4 Å². The van der Waals surface area contributed by atoms with Gasteiger partial charge in [0.05, 0.1) is 37.3 Å². The Balaban J connectivity index is 1.68. The van der Waals surface area contributed by atoms with Gasteiger partial charge in [-0.1, -0.05) is 0 Å². The maximum Gasteiger partial charge on any atom is 0.167 e. The van der Waals surface area contributed by atoms with Crippen LogP contribution in [0.2, 0.25) is 0 Å². The molecule has 5 rings (SSSR count). The Bertz CT molecular complexity index is 992. The maximum atomic E-state index is 11.6. The molecule has 29 heavy (non-hydrogen) atoms. The van der Waals surface area contributed by atoms with Crippen LogP contribution in [0, 0.1) is 0 Å². The molecule has 3 aromatic heterocycles. The van der Waals surface area contributed by atoms with E-state index in [4.69, 9.17) is 9.72 Å². The van der Waals surface area contributed by atoms with Crippen LogP contribution < -0.4 is 4.90 Å². The molecule has 0 aromatic carbocycles. The van der Waals surface area contributed by atoms with E-state index in [1.165, 1.54) is 0 Å². The topological polar surface area (TPSA) is 95.3 Å². The number of hydrogen-bond acceptors (Lipinski definition) is 7. The highest BCUT2D eigenvalue weighted by Crippen LogP contribution is 2.38. The first-order chi connectivity index (χ1) is 14.0. The van der Waals surface area contributed by atoms with Gasteiger partial charge in [-0.3, -0.25) is 5.10 Å². The number of rotatable bonds is 3. The van der Waals surface area contributed by atoms with Gasteiger partial charge in [0.1, 0.15) is 5.82 Å². The highest BCUT2D eigenvalue weighted by Gasteiger charge is 2.36. The van der Waals surface area contributed by atoms with Crippen LogP contribution in [-0.2, 0) is 10.3 Å². The lowest BCUT2D eigenvalue weighted by Gasteiger charge is -2.38. The third kappa shape index (κ3) is 3.19. The summed E-state index contributed by atoms with van der Waals surface area (Å²) in [5.74, 6) is 1.61. The molecule has 9 heteroatoms. The molecule has 0 radical (unpaired) electrons. The van der Waals surface area contributed by atoms with Crippen LogP contribution in [0.1, 0.15) is 25.3 Å². The lowest BCUT2D eigenvalue weighted by molar-refractivity contribution is -0.0191. The van der Waals surface area contributed by atoms with E-state index in [1.807, 2.05) is 6.07 Å². The number of ether oxygens (including phenoxy) is 1. The second kappa shape index (κ2) is 7.08. The summed E-state index contributed by atoms with van der Waals surface area (Å²) < 4.78 is 7.37. The van der Waals surface area contributed by atoms with Crippen LogP contribution in [-0.4, -0.2) is 80.9 Å². The second-order valence-electron chi connectivity index (χ2n) is 8.22. The zero-order valence-corrected chi connectivity index (χ0v) is 16.9. The van der Waals surface area contributed by atoms with Gasteiger partial charge >= 0.3 is 0 Å². The first-order valence-electron chi connectivity index (χ1n) is 10.2. The molecule has 5 heterocycles. The summed E-state index contributed by atoms with van der Waals surface area (Å²) in [6.45, 7) is 5.98. The number of nitrogens with one attached hydrogen (secondary N) is 1. The number of hydrogen-bond donors (Lipinski definition) is 2. The van der Waals surface area contributed by atoms with E-state index in [-0.39, 0.29) is 6.04 Å². The van der Waals surface area contributed by atoms with E-state index in [1.54, 1.807) is 17.1 Å². The van der Waals surface area contributed by atoms with Gasteiger partial charge in [-0.2, -0.15) is 14.9 Å². The predicted octanol–water partition coefficient (Wildman–Crippen LogP) is 1.28. The first-order valence-corrected chi connectivity index (χ1v) is 10.2. The van der Waals surface area contributed by atoms with Gasteiger partial charge in [-0.25, -0.2) is 4.98 Å². The molecule has 2 N–H and O–H groups in total. The van der Waals surface area contributed by atoms with Gasteiger partial charge in [-0.05, 0) is 38.4 Å². The molecule has 1 atom stereocenters. The van der Waals surface area contributed by atoms with Crippen LogP contribution >= 0.6 is 0 Å². The fourth-order valence-electron chi connectivity index (χ4n) is 4.39. The zero-order chi connectivity index (χ0) is 20.0. The minimum Gasteiger partial charge on any atom is -0.385 e. The van der Waals surface area contributed by atoms with Crippen LogP contribution in [0.25, 0.3) is 16.9 Å². The lowest BCUT2D eigenvalue weighted by atomic mass is 9.83. The first kappa shape index (κ1) is 18.5. The summed E-state index contributed by atoms with van der Waals surface area (Å²) in [5.41, 5.74) is 0.752. The number of H-pyrrole nitrogens is 1. The Morgan fingerprint density at radius 1 is 1.28 bits per heavy atom. The molecule has 0 unspecified atom stereocenters. The Morgan fingerprint density at radius 2 is 2.10 bits per heavy atom. The third-order valence-corrected chi connectivity index (χ3v) is 6.22. The Morgan fingerprint density at radius 3 is 2.83 bits per heavy atom. The molecular formula is C20H27N7O2. The number of fused-ring (bicyclic) bond motifs is 1. The standard InChI is InChI=1S/C20H27N7O2/c1-14-13-29-10-9-26(14)18-11-16(20(28)4-7-25(2)8-5-20)15-12-22-27(19(15)23-18)17-3-6-21-24-17/h3,6,11-12,14,28H,4-5,7-10,13H2,1-2H3,(H,21,24)/t14-/m1/s1.